The smallest absolute Gasteiger partial charge is 0.151 e. The molecule has 70 valence electrons. The fraction of sp³-hybridized carbons (Fsp3) is 0.900. The Kier molecular flexibility index (Phi) is 1.88. The number of ketones is 1. The van der Waals surface area contributed by atoms with Gasteiger partial charge < -0.3 is 0 Å². The summed E-state index contributed by atoms with van der Waals surface area (Å²) in [6, 6.07) is 0.453. The van der Waals surface area contributed by atoms with Crippen LogP contribution in [-0.4, -0.2) is 27.8 Å². The quantitative estimate of drug-likeness (QED) is 0.588. The molecule has 1 fully saturated rings. The molecule has 0 aromatic carbocycles. The number of Topliss-reactive ketones (excluding diaryl/α,β-unsaturated/α-hetero) is 1. The second-order valence-corrected chi connectivity index (χ2v) is 4.65. The van der Waals surface area contributed by atoms with Crippen LogP contribution in [0.2, 0.25) is 0 Å². The average molecular weight is 169 g/mol. The monoisotopic (exact) mass is 169 g/mol. The summed E-state index contributed by atoms with van der Waals surface area (Å²) >= 11 is 0. The van der Waals surface area contributed by atoms with E-state index in [2.05, 4.69) is 32.6 Å². The van der Waals surface area contributed by atoms with Gasteiger partial charge in [-0.15, -0.1) is 0 Å². The molecule has 2 unspecified atom stereocenters. The van der Waals surface area contributed by atoms with Gasteiger partial charge in [-0.25, -0.2) is 0 Å². The molecule has 1 rings (SSSR count). The minimum Gasteiger partial charge on any atom is -0.298 e. The summed E-state index contributed by atoms with van der Waals surface area (Å²) in [4.78, 5) is 13.7. The summed E-state index contributed by atoms with van der Waals surface area (Å²) in [6.07, 6.45) is 0. The zero-order valence-corrected chi connectivity index (χ0v) is 8.93. The fourth-order valence-corrected chi connectivity index (χ4v) is 2.55. The molecule has 2 nitrogen and oxygen atoms in total. The first-order valence-corrected chi connectivity index (χ1v) is 4.56. The number of carbonyl (C=O) groups excluding carboxylic acids is 1. The molecule has 12 heavy (non-hydrogen) atoms. The van der Waals surface area contributed by atoms with Crippen molar-refractivity contribution < 1.29 is 4.79 Å². The average Bonchev–Trinajstić information content (AvgIpc) is 2.28. The summed E-state index contributed by atoms with van der Waals surface area (Å²) in [5.74, 6) is 0.279. The second kappa shape index (κ2) is 2.32. The molecule has 0 aromatic heterocycles. The number of rotatable bonds is 2. The van der Waals surface area contributed by atoms with Crippen LogP contribution in [0.5, 0.6) is 0 Å². The van der Waals surface area contributed by atoms with Gasteiger partial charge in [-0.1, -0.05) is 0 Å². The first kappa shape index (κ1) is 9.72. The fourth-order valence-electron chi connectivity index (χ4n) is 2.55. The first-order valence-electron chi connectivity index (χ1n) is 4.56. The highest BCUT2D eigenvalue weighted by atomic mass is 16.1. The van der Waals surface area contributed by atoms with Crippen molar-refractivity contribution in [3.8, 4) is 0 Å². The molecule has 0 N–H and O–H groups in total. The lowest BCUT2D eigenvalue weighted by atomic mass is 9.95. The Hall–Kier alpha value is -0.370. The van der Waals surface area contributed by atoms with Gasteiger partial charge >= 0.3 is 0 Å². The maximum atomic E-state index is 11.4. The van der Waals surface area contributed by atoms with Crippen LogP contribution in [0.25, 0.3) is 0 Å². The summed E-state index contributed by atoms with van der Waals surface area (Å²) in [5, 5.41) is 0. The van der Waals surface area contributed by atoms with Gasteiger partial charge in [0.05, 0.1) is 5.54 Å². The Morgan fingerprint density at radius 1 is 1.25 bits per heavy atom. The molecule has 0 aromatic rings. The van der Waals surface area contributed by atoms with Crippen LogP contribution >= 0.6 is 0 Å². The van der Waals surface area contributed by atoms with Gasteiger partial charge in [0.25, 0.3) is 0 Å². The molecule has 0 spiro atoms. The standard InChI is InChI=1S/C10H19NO/c1-7(2)11-9(4,5)10(11,6)8(3)12/h7H,1-6H3. The summed E-state index contributed by atoms with van der Waals surface area (Å²) in [7, 11) is 0. The second-order valence-electron chi connectivity index (χ2n) is 4.65. The van der Waals surface area contributed by atoms with E-state index in [0.717, 1.165) is 0 Å². The van der Waals surface area contributed by atoms with Gasteiger partial charge in [-0.2, -0.15) is 0 Å². The third-order valence-electron chi connectivity index (χ3n) is 3.43. The van der Waals surface area contributed by atoms with E-state index in [0.29, 0.717) is 6.04 Å². The Morgan fingerprint density at radius 3 is 1.75 bits per heavy atom. The maximum absolute atomic E-state index is 11.4. The minimum atomic E-state index is -0.221. The van der Waals surface area contributed by atoms with Crippen molar-refractivity contribution in [2.75, 3.05) is 0 Å². The van der Waals surface area contributed by atoms with Crippen molar-refractivity contribution in [2.45, 2.75) is 58.7 Å². The van der Waals surface area contributed by atoms with Gasteiger partial charge in [0.2, 0.25) is 0 Å². The normalized spacial score (nSPS) is 38.4. The van der Waals surface area contributed by atoms with Gasteiger partial charge in [0.15, 0.2) is 5.78 Å². The molecule has 0 radical (unpaired) electrons. The molecule has 0 bridgehead atoms. The van der Waals surface area contributed by atoms with Crippen LogP contribution in [0.3, 0.4) is 0 Å². The van der Waals surface area contributed by atoms with Crippen LogP contribution in [0, 0.1) is 0 Å². The number of carbonyl (C=O) groups is 1. The topological polar surface area (TPSA) is 20.1 Å². The molecule has 0 saturated carbocycles. The van der Waals surface area contributed by atoms with E-state index in [1.807, 2.05) is 6.92 Å². The van der Waals surface area contributed by atoms with E-state index < -0.39 is 0 Å². The van der Waals surface area contributed by atoms with Crippen LogP contribution in [-0.2, 0) is 4.79 Å². The molecular formula is C10H19NO. The molecular weight excluding hydrogens is 150 g/mol. The number of hydrogen-bond donors (Lipinski definition) is 0. The van der Waals surface area contributed by atoms with Crippen molar-refractivity contribution in [3.05, 3.63) is 0 Å². The predicted octanol–water partition coefficient (Wildman–Crippen LogP) is 1.84. The van der Waals surface area contributed by atoms with Crippen molar-refractivity contribution in [2.24, 2.45) is 0 Å². The molecule has 1 aliphatic rings. The lowest BCUT2D eigenvalue weighted by molar-refractivity contribution is -0.120. The number of nitrogens with zero attached hydrogens (tertiary/aromatic N) is 1. The SMILES string of the molecule is CC(=O)C1(C)N(C(C)C)C1(C)C. The highest BCUT2D eigenvalue weighted by Crippen LogP contribution is 2.53. The zero-order valence-electron chi connectivity index (χ0n) is 8.93. The summed E-state index contributed by atoms with van der Waals surface area (Å²) < 4.78 is 0. The molecule has 0 aliphatic carbocycles. The molecule has 1 heterocycles. The van der Waals surface area contributed by atoms with Crippen LogP contribution in [0.1, 0.15) is 41.5 Å². The first-order chi connectivity index (χ1) is 5.26. The minimum absolute atomic E-state index is 0.0486. The van der Waals surface area contributed by atoms with Crippen LogP contribution in [0.15, 0.2) is 0 Å². The zero-order chi connectivity index (χ0) is 9.73. The molecule has 0 amide bonds. The Morgan fingerprint density at radius 2 is 1.67 bits per heavy atom. The van der Waals surface area contributed by atoms with Gasteiger partial charge in [-0.3, -0.25) is 9.69 Å². The predicted molar refractivity (Wildman–Crippen MR) is 50.1 cm³/mol. The Balaban J connectivity index is 2.92. The van der Waals surface area contributed by atoms with E-state index in [9.17, 15) is 4.79 Å². The third-order valence-corrected chi connectivity index (χ3v) is 3.43. The van der Waals surface area contributed by atoms with Crippen molar-refractivity contribution in [3.63, 3.8) is 0 Å². The van der Waals surface area contributed by atoms with E-state index in [4.69, 9.17) is 0 Å². The lowest BCUT2D eigenvalue weighted by Gasteiger charge is -2.11. The van der Waals surface area contributed by atoms with E-state index in [-0.39, 0.29) is 16.9 Å². The van der Waals surface area contributed by atoms with Crippen LogP contribution in [0.4, 0.5) is 0 Å². The third kappa shape index (κ3) is 0.875. The van der Waals surface area contributed by atoms with Crippen molar-refractivity contribution in [1.82, 2.24) is 4.90 Å². The highest BCUT2D eigenvalue weighted by molar-refractivity contribution is 5.91. The number of hydrogen-bond acceptors (Lipinski definition) is 2. The maximum Gasteiger partial charge on any atom is 0.151 e. The van der Waals surface area contributed by atoms with Crippen LogP contribution < -0.4 is 0 Å². The highest BCUT2D eigenvalue weighted by Gasteiger charge is 2.69. The molecule has 2 heteroatoms. The molecule has 2 atom stereocenters. The lowest BCUT2D eigenvalue weighted by Crippen LogP contribution is -2.27. The molecule has 1 aliphatic heterocycles. The Bertz CT molecular complexity index is 220. The van der Waals surface area contributed by atoms with Gasteiger partial charge in [-0.05, 0) is 41.5 Å². The van der Waals surface area contributed by atoms with Crippen molar-refractivity contribution in [1.29, 1.82) is 0 Å². The molecule has 1 saturated heterocycles. The van der Waals surface area contributed by atoms with E-state index >= 15 is 0 Å². The van der Waals surface area contributed by atoms with Crippen molar-refractivity contribution >= 4 is 5.78 Å². The van der Waals surface area contributed by atoms with E-state index in [1.54, 1.807) is 6.92 Å². The summed E-state index contributed by atoms with van der Waals surface area (Å²) in [6.45, 7) is 12.3. The van der Waals surface area contributed by atoms with Gasteiger partial charge in [0, 0.05) is 11.6 Å². The van der Waals surface area contributed by atoms with E-state index in [1.165, 1.54) is 0 Å². The Labute approximate surface area is 74.9 Å². The summed E-state index contributed by atoms with van der Waals surface area (Å²) in [5.41, 5.74) is -0.172. The van der Waals surface area contributed by atoms with Gasteiger partial charge in [0.1, 0.15) is 0 Å². The largest absolute Gasteiger partial charge is 0.298 e.